The van der Waals surface area contributed by atoms with Crippen LogP contribution in [0.25, 0.3) is 6.08 Å². The molecular formula is C20H17ClN2O5. The summed E-state index contributed by atoms with van der Waals surface area (Å²) in [6, 6.07) is 8.75. The van der Waals surface area contributed by atoms with Gasteiger partial charge in [0.15, 0.2) is 11.5 Å². The molecule has 0 aromatic heterocycles. The maximum absolute atomic E-state index is 12.9. The number of barbiturate groups is 1. The van der Waals surface area contributed by atoms with E-state index in [0.29, 0.717) is 17.9 Å². The number of imide groups is 2. The van der Waals surface area contributed by atoms with Gasteiger partial charge in [0.05, 0.1) is 17.3 Å². The van der Waals surface area contributed by atoms with Crippen molar-refractivity contribution in [2.24, 2.45) is 0 Å². The highest BCUT2D eigenvalue weighted by atomic mass is 35.5. The number of aromatic hydroxyl groups is 1. The lowest BCUT2D eigenvalue weighted by Gasteiger charge is -2.26. The lowest BCUT2D eigenvalue weighted by Crippen LogP contribution is -2.54. The molecule has 1 aliphatic rings. The van der Waals surface area contributed by atoms with Crippen LogP contribution in [0.1, 0.15) is 18.1 Å². The van der Waals surface area contributed by atoms with Gasteiger partial charge in [0.1, 0.15) is 5.57 Å². The largest absolute Gasteiger partial charge is 0.503 e. The van der Waals surface area contributed by atoms with E-state index in [1.165, 1.54) is 18.2 Å². The summed E-state index contributed by atoms with van der Waals surface area (Å²) in [6.07, 6.45) is 1.29. The Kier molecular flexibility index (Phi) is 5.37. The predicted octanol–water partition coefficient (Wildman–Crippen LogP) is 3.42. The van der Waals surface area contributed by atoms with Crippen molar-refractivity contribution in [3.63, 3.8) is 0 Å². The number of amides is 4. The maximum Gasteiger partial charge on any atom is 0.335 e. The van der Waals surface area contributed by atoms with Gasteiger partial charge in [-0.25, -0.2) is 9.69 Å². The van der Waals surface area contributed by atoms with Crippen molar-refractivity contribution in [1.82, 2.24) is 5.32 Å². The Labute approximate surface area is 166 Å². The molecule has 1 heterocycles. The molecule has 0 radical (unpaired) electrons. The van der Waals surface area contributed by atoms with Crippen molar-refractivity contribution in [2.45, 2.75) is 13.8 Å². The minimum Gasteiger partial charge on any atom is -0.503 e. The third-order valence-corrected chi connectivity index (χ3v) is 4.34. The summed E-state index contributed by atoms with van der Waals surface area (Å²) in [5, 5.41) is 12.1. The van der Waals surface area contributed by atoms with Crippen LogP contribution in [-0.2, 0) is 9.59 Å². The summed E-state index contributed by atoms with van der Waals surface area (Å²) < 4.78 is 5.31. The highest BCUT2D eigenvalue weighted by Crippen LogP contribution is 2.36. The molecule has 0 atom stereocenters. The van der Waals surface area contributed by atoms with Gasteiger partial charge in [-0.15, -0.1) is 0 Å². The molecule has 3 rings (SSSR count). The molecule has 144 valence electrons. The zero-order valence-corrected chi connectivity index (χ0v) is 15.9. The molecule has 8 heteroatoms. The molecule has 1 fully saturated rings. The third-order valence-electron chi connectivity index (χ3n) is 4.06. The predicted molar refractivity (Wildman–Crippen MR) is 104 cm³/mol. The number of hydrogen-bond donors (Lipinski definition) is 2. The highest BCUT2D eigenvalue weighted by Gasteiger charge is 2.36. The van der Waals surface area contributed by atoms with E-state index in [1.54, 1.807) is 31.2 Å². The second-order valence-electron chi connectivity index (χ2n) is 6.08. The molecule has 1 aliphatic heterocycles. The van der Waals surface area contributed by atoms with Gasteiger partial charge in [-0.05, 0) is 49.8 Å². The van der Waals surface area contributed by atoms with Crippen molar-refractivity contribution < 1.29 is 24.2 Å². The fraction of sp³-hybridized carbons (Fsp3) is 0.150. The molecule has 4 amide bonds. The standard InChI is InChI=1S/C20H17ClN2O5/c1-3-28-16-10-12(9-15(21)17(16)24)8-14-18(25)22-20(27)23(19(14)26)13-6-4-11(2)5-7-13/h4-10,24H,3H2,1-2H3,(H,22,25,27)/b14-8-. The van der Waals surface area contributed by atoms with Gasteiger partial charge in [0.2, 0.25) is 0 Å². The molecule has 0 aliphatic carbocycles. The fourth-order valence-corrected chi connectivity index (χ4v) is 2.91. The van der Waals surface area contributed by atoms with Crippen molar-refractivity contribution in [3.05, 3.63) is 58.1 Å². The SMILES string of the molecule is CCOc1cc(/C=C2/C(=O)NC(=O)N(c3ccc(C)cc3)C2=O)cc(Cl)c1O. The number of aryl methyl sites for hydroxylation is 1. The van der Waals surface area contributed by atoms with Crippen LogP contribution in [0, 0.1) is 6.92 Å². The van der Waals surface area contributed by atoms with E-state index in [9.17, 15) is 19.5 Å². The number of urea groups is 1. The minimum atomic E-state index is -0.824. The summed E-state index contributed by atoms with van der Waals surface area (Å²) in [7, 11) is 0. The first-order chi connectivity index (χ1) is 13.3. The van der Waals surface area contributed by atoms with Crippen LogP contribution >= 0.6 is 11.6 Å². The van der Waals surface area contributed by atoms with Crippen molar-refractivity contribution in [1.29, 1.82) is 0 Å². The van der Waals surface area contributed by atoms with E-state index in [0.717, 1.165) is 10.5 Å². The maximum atomic E-state index is 12.9. The molecule has 0 bridgehead atoms. The van der Waals surface area contributed by atoms with Crippen LogP contribution in [0.3, 0.4) is 0 Å². The number of anilines is 1. The number of carbonyl (C=O) groups excluding carboxylic acids is 3. The Bertz CT molecular complexity index is 998. The molecule has 0 unspecified atom stereocenters. The number of nitrogens with one attached hydrogen (secondary N) is 1. The number of carbonyl (C=O) groups is 3. The van der Waals surface area contributed by atoms with E-state index in [1.807, 2.05) is 6.92 Å². The molecule has 2 N–H and O–H groups in total. The minimum absolute atomic E-state index is 0.00735. The van der Waals surface area contributed by atoms with Crippen molar-refractivity contribution in [2.75, 3.05) is 11.5 Å². The second kappa shape index (κ2) is 7.74. The van der Waals surface area contributed by atoms with Gasteiger partial charge >= 0.3 is 6.03 Å². The van der Waals surface area contributed by atoms with Gasteiger partial charge in [0.25, 0.3) is 11.8 Å². The molecule has 28 heavy (non-hydrogen) atoms. The van der Waals surface area contributed by atoms with Crippen LogP contribution < -0.4 is 15.0 Å². The van der Waals surface area contributed by atoms with Gasteiger partial charge in [-0.2, -0.15) is 0 Å². The Balaban J connectivity index is 2.03. The summed E-state index contributed by atoms with van der Waals surface area (Å²) in [5.41, 5.74) is 1.42. The lowest BCUT2D eigenvalue weighted by molar-refractivity contribution is -0.122. The van der Waals surface area contributed by atoms with Crippen LogP contribution in [-0.4, -0.2) is 29.6 Å². The normalized spacial score (nSPS) is 15.8. The topological polar surface area (TPSA) is 95.9 Å². The van der Waals surface area contributed by atoms with Gasteiger partial charge in [0, 0.05) is 0 Å². The number of nitrogens with zero attached hydrogens (tertiary/aromatic N) is 1. The number of phenolic OH excluding ortho intramolecular Hbond substituents is 1. The van der Waals surface area contributed by atoms with E-state index in [2.05, 4.69) is 5.32 Å². The van der Waals surface area contributed by atoms with Gasteiger partial charge in [-0.1, -0.05) is 29.3 Å². The Morgan fingerprint density at radius 1 is 1.18 bits per heavy atom. The van der Waals surface area contributed by atoms with Crippen LogP contribution in [0.5, 0.6) is 11.5 Å². The van der Waals surface area contributed by atoms with Crippen molar-refractivity contribution >= 4 is 41.2 Å². The van der Waals surface area contributed by atoms with E-state index in [-0.39, 0.29) is 22.1 Å². The first-order valence-electron chi connectivity index (χ1n) is 8.45. The molecule has 0 saturated carbocycles. The van der Waals surface area contributed by atoms with Crippen molar-refractivity contribution in [3.8, 4) is 11.5 Å². The Morgan fingerprint density at radius 3 is 2.50 bits per heavy atom. The number of ether oxygens (including phenoxy) is 1. The monoisotopic (exact) mass is 400 g/mol. The number of hydrogen-bond acceptors (Lipinski definition) is 5. The number of halogens is 1. The lowest BCUT2D eigenvalue weighted by atomic mass is 10.1. The highest BCUT2D eigenvalue weighted by molar-refractivity contribution is 6.39. The first kappa shape index (κ1) is 19.4. The third kappa shape index (κ3) is 3.70. The zero-order valence-electron chi connectivity index (χ0n) is 15.2. The van der Waals surface area contributed by atoms with E-state index < -0.39 is 17.8 Å². The Hall–Kier alpha value is -3.32. The number of benzene rings is 2. The smallest absolute Gasteiger partial charge is 0.335 e. The summed E-state index contributed by atoms with van der Waals surface area (Å²) in [4.78, 5) is 38.2. The van der Waals surface area contributed by atoms with Crippen LogP contribution in [0.4, 0.5) is 10.5 Å². The average Bonchev–Trinajstić information content (AvgIpc) is 2.64. The average molecular weight is 401 g/mol. The van der Waals surface area contributed by atoms with Gasteiger partial charge in [-0.3, -0.25) is 14.9 Å². The summed E-state index contributed by atoms with van der Waals surface area (Å²) >= 11 is 6.00. The first-order valence-corrected chi connectivity index (χ1v) is 8.83. The van der Waals surface area contributed by atoms with E-state index >= 15 is 0 Å². The molecule has 1 saturated heterocycles. The van der Waals surface area contributed by atoms with Gasteiger partial charge < -0.3 is 9.84 Å². The quantitative estimate of drug-likeness (QED) is 0.605. The molecule has 7 nitrogen and oxygen atoms in total. The summed E-state index contributed by atoms with van der Waals surface area (Å²) in [6.45, 7) is 3.90. The van der Waals surface area contributed by atoms with Crippen LogP contribution in [0.15, 0.2) is 42.0 Å². The summed E-state index contributed by atoms with van der Waals surface area (Å²) in [5.74, 6) is -1.70. The number of phenols is 1. The fourth-order valence-electron chi connectivity index (χ4n) is 2.70. The molecule has 2 aromatic carbocycles. The Morgan fingerprint density at radius 2 is 1.86 bits per heavy atom. The molecular weight excluding hydrogens is 384 g/mol. The molecule has 0 spiro atoms. The number of rotatable bonds is 4. The zero-order chi connectivity index (χ0) is 20.4. The molecule has 2 aromatic rings. The second-order valence-corrected chi connectivity index (χ2v) is 6.48. The van der Waals surface area contributed by atoms with Crippen LogP contribution in [0.2, 0.25) is 5.02 Å². The van der Waals surface area contributed by atoms with E-state index in [4.69, 9.17) is 16.3 Å².